The van der Waals surface area contributed by atoms with E-state index < -0.39 is 17.7 Å². The Hall–Kier alpha value is -5.11. The van der Waals surface area contributed by atoms with E-state index in [-0.39, 0.29) is 37.0 Å². The normalized spacial score (nSPS) is 20.8. The van der Waals surface area contributed by atoms with E-state index in [1.807, 2.05) is 78.9 Å². The molecule has 5 N–H and O–H groups in total. The number of ether oxygens (including phenoxy) is 2. The molecule has 3 aliphatic rings. The number of aliphatic hydroxyl groups is 1. The van der Waals surface area contributed by atoms with Gasteiger partial charge in [-0.3, -0.25) is 19.6 Å². The van der Waals surface area contributed by atoms with Gasteiger partial charge in [-0.1, -0.05) is 91.0 Å². The first-order chi connectivity index (χ1) is 27.3. The van der Waals surface area contributed by atoms with E-state index in [0.29, 0.717) is 45.4 Å². The monoisotopic (exact) mass is 761 g/mol. The largest absolute Gasteiger partial charge is 0.392 e. The maximum atomic E-state index is 13.3. The standard InChI is InChI=1S/C44H51N5O7/c50-29-31-14-16-33(17-15-31)39-26-37(28-48-24-22-44(23-25-48)43(53)46-30-49(44)36-9-2-1-3-10-36)55-42(56-39)34-20-18-32(19-21-34)38-11-5-4-8-35(38)27-45-40(51)12-6-7-13-41(52)47-54/h1-5,8-11,14-21,37,39,42,50,54H,6-7,12-13,22-30H2,(H,45,51)(H,46,53)(H,47,52)/t37-,39+,42+/m0/s1. The molecule has 4 aromatic carbocycles. The smallest absolute Gasteiger partial charge is 0.247 e. The Bertz CT molecular complexity index is 1930. The average molecular weight is 762 g/mol. The van der Waals surface area contributed by atoms with E-state index in [2.05, 4.69) is 44.7 Å². The fraction of sp³-hybridized carbons (Fsp3) is 0.386. The molecule has 0 unspecified atom stereocenters. The van der Waals surface area contributed by atoms with E-state index >= 15 is 0 Å². The van der Waals surface area contributed by atoms with E-state index in [1.165, 1.54) is 0 Å². The Labute approximate surface area is 327 Å². The number of carbonyl (C=O) groups is 3. The molecule has 3 fully saturated rings. The molecule has 0 bridgehead atoms. The number of hydroxylamine groups is 1. The third-order valence-electron chi connectivity index (χ3n) is 11.3. The van der Waals surface area contributed by atoms with Crippen LogP contribution in [-0.2, 0) is 37.0 Å². The van der Waals surface area contributed by atoms with Crippen LogP contribution < -0.4 is 21.0 Å². The minimum Gasteiger partial charge on any atom is -0.392 e. The molecule has 3 heterocycles. The molecule has 0 saturated carbocycles. The van der Waals surface area contributed by atoms with Crippen LogP contribution in [-0.4, -0.2) is 70.9 Å². The molecule has 56 heavy (non-hydrogen) atoms. The maximum Gasteiger partial charge on any atom is 0.247 e. The number of hydrogen-bond acceptors (Lipinski definition) is 9. The van der Waals surface area contributed by atoms with Gasteiger partial charge in [0.15, 0.2) is 6.29 Å². The number of nitrogens with one attached hydrogen (secondary N) is 3. The van der Waals surface area contributed by atoms with Crippen molar-refractivity contribution < 1.29 is 34.2 Å². The molecule has 12 nitrogen and oxygen atoms in total. The first-order valence-electron chi connectivity index (χ1n) is 19.6. The summed E-state index contributed by atoms with van der Waals surface area (Å²) in [6, 6.07) is 34.2. The summed E-state index contributed by atoms with van der Waals surface area (Å²) in [5.41, 5.74) is 7.88. The molecule has 294 valence electrons. The molecule has 0 aliphatic carbocycles. The number of aliphatic hydroxyl groups excluding tert-OH is 1. The first kappa shape index (κ1) is 39.1. The van der Waals surface area contributed by atoms with Gasteiger partial charge in [0, 0.05) is 56.7 Å². The van der Waals surface area contributed by atoms with Gasteiger partial charge in [-0.2, -0.15) is 0 Å². The van der Waals surface area contributed by atoms with E-state index in [0.717, 1.165) is 65.0 Å². The predicted octanol–water partition coefficient (Wildman–Crippen LogP) is 5.50. The molecule has 3 saturated heterocycles. The van der Waals surface area contributed by atoms with E-state index in [9.17, 15) is 19.5 Å². The number of unbranched alkanes of at least 4 members (excludes halogenated alkanes) is 1. The number of piperidine rings is 1. The number of likely N-dealkylation sites (tertiary alicyclic amines) is 1. The number of anilines is 1. The summed E-state index contributed by atoms with van der Waals surface area (Å²) in [4.78, 5) is 41.7. The fourth-order valence-electron chi connectivity index (χ4n) is 8.14. The summed E-state index contributed by atoms with van der Waals surface area (Å²) in [6.07, 6.45) is 2.72. The molecule has 1 spiro atoms. The number of carbonyl (C=O) groups excluding carboxylic acids is 3. The summed E-state index contributed by atoms with van der Waals surface area (Å²) in [5.74, 6) is -0.448. The van der Waals surface area contributed by atoms with Crippen molar-refractivity contribution in [1.29, 1.82) is 0 Å². The van der Waals surface area contributed by atoms with Crippen LogP contribution in [0.1, 0.15) is 79.6 Å². The minimum absolute atomic E-state index is 0.0222. The van der Waals surface area contributed by atoms with Crippen molar-refractivity contribution in [1.82, 2.24) is 21.0 Å². The summed E-state index contributed by atoms with van der Waals surface area (Å²) < 4.78 is 13.4. The molecular weight excluding hydrogens is 711 g/mol. The number of amides is 3. The summed E-state index contributed by atoms with van der Waals surface area (Å²) in [7, 11) is 0. The van der Waals surface area contributed by atoms with Gasteiger partial charge in [-0.15, -0.1) is 0 Å². The highest BCUT2D eigenvalue weighted by Crippen LogP contribution is 2.40. The van der Waals surface area contributed by atoms with Crippen LogP contribution in [0.2, 0.25) is 0 Å². The van der Waals surface area contributed by atoms with Crippen molar-refractivity contribution in [2.45, 2.75) is 82.1 Å². The highest BCUT2D eigenvalue weighted by atomic mass is 16.7. The number of benzene rings is 4. The Morgan fingerprint density at radius 2 is 1.50 bits per heavy atom. The number of hydrogen-bond donors (Lipinski definition) is 5. The van der Waals surface area contributed by atoms with Crippen LogP contribution >= 0.6 is 0 Å². The summed E-state index contributed by atoms with van der Waals surface area (Å²) >= 11 is 0. The van der Waals surface area contributed by atoms with Crippen LogP contribution in [0.3, 0.4) is 0 Å². The lowest BCUT2D eigenvalue weighted by Crippen LogP contribution is -2.57. The third kappa shape index (κ3) is 9.12. The lowest BCUT2D eigenvalue weighted by Gasteiger charge is -2.45. The van der Waals surface area contributed by atoms with Gasteiger partial charge in [0.2, 0.25) is 17.7 Å². The van der Waals surface area contributed by atoms with Gasteiger partial charge in [0.05, 0.1) is 25.5 Å². The Kier molecular flexibility index (Phi) is 12.7. The molecule has 4 aromatic rings. The van der Waals surface area contributed by atoms with Crippen molar-refractivity contribution >= 4 is 23.4 Å². The van der Waals surface area contributed by atoms with Crippen molar-refractivity contribution in [3.05, 3.63) is 125 Å². The zero-order chi connectivity index (χ0) is 38.9. The average Bonchev–Trinajstić information content (AvgIpc) is 3.56. The van der Waals surface area contributed by atoms with Crippen molar-refractivity contribution in [2.75, 3.05) is 31.2 Å². The Balaban J connectivity index is 1.02. The van der Waals surface area contributed by atoms with Crippen LogP contribution in [0.4, 0.5) is 5.69 Å². The van der Waals surface area contributed by atoms with Gasteiger partial charge >= 0.3 is 0 Å². The fourth-order valence-corrected chi connectivity index (χ4v) is 8.14. The molecule has 3 atom stereocenters. The Morgan fingerprint density at radius 1 is 0.821 bits per heavy atom. The molecule has 0 radical (unpaired) electrons. The SMILES string of the molecule is O=C(CCCCC(=O)NCc1ccccc1-c1ccc([C@@H]2O[C@H](CN3CCC4(CC3)C(=O)NCN4c3ccccc3)C[C@H](c3ccc(CO)cc3)O2)cc1)NO. The van der Waals surface area contributed by atoms with Gasteiger partial charge in [-0.25, -0.2) is 5.48 Å². The second-order valence-electron chi connectivity index (χ2n) is 14.9. The topological polar surface area (TPSA) is 153 Å². The second-order valence-corrected chi connectivity index (χ2v) is 14.9. The quantitative estimate of drug-likeness (QED) is 0.0637. The Morgan fingerprint density at radius 3 is 2.21 bits per heavy atom. The lowest BCUT2D eigenvalue weighted by atomic mass is 9.85. The molecule has 12 heteroatoms. The second kappa shape index (κ2) is 18.2. The molecule has 3 aliphatic heterocycles. The van der Waals surface area contributed by atoms with Gasteiger partial charge in [0.25, 0.3) is 0 Å². The molecule has 3 amide bonds. The lowest BCUT2D eigenvalue weighted by molar-refractivity contribution is -0.253. The highest BCUT2D eigenvalue weighted by Gasteiger charge is 2.50. The van der Waals surface area contributed by atoms with Crippen LogP contribution in [0.25, 0.3) is 11.1 Å². The zero-order valence-electron chi connectivity index (χ0n) is 31.6. The summed E-state index contributed by atoms with van der Waals surface area (Å²) in [5, 5.41) is 24.4. The molecule has 0 aromatic heterocycles. The van der Waals surface area contributed by atoms with Gasteiger partial charge in [0.1, 0.15) is 5.54 Å². The van der Waals surface area contributed by atoms with E-state index in [1.54, 1.807) is 5.48 Å². The van der Waals surface area contributed by atoms with Crippen LogP contribution in [0, 0.1) is 0 Å². The first-order valence-corrected chi connectivity index (χ1v) is 19.6. The number of nitrogens with zero attached hydrogens (tertiary/aromatic N) is 2. The predicted molar refractivity (Wildman–Crippen MR) is 211 cm³/mol. The number of rotatable bonds is 14. The van der Waals surface area contributed by atoms with Crippen LogP contribution in [0.5, 0.6) is 0 Å². The maximum absolute atomic E-state index is 13.3. The van der Waals surface area contributed by atoms with E-state index in [4.69, 9.17) is 14.7 Å². The highest BCUT2D eigenvalue weighted by molar-refractivity contribution is 5.93. The van der Waals surface area contributed by atoms with Gasteiger partial charge in [-0.05, 0) is 65.6 Å². The number of para-hydroxylation sites is 1. The zero-order valence-corrected chi connectivity index (χ0v) is 31.6. The third-order valence-corrected chi connectivity index (χ3v) is 11.3. The summed E-state index contributed by atoms with van der Waals surface area (Å²) in [6.45, 7) is 3.12. The van der Waals surface area contributed by atoms with Crippen molar-refractivity contribution in [3.8, 4) is 11.1 Å². The van der Waals surface area contributed by atoms with Crippen molar-refractivity contribution in [3.63, 3.8) is 0 Å². The molecular formula is C44H51N5O7. The molecule has 7 rings (SSSR count). The van der Waals surface area contributed by atoms with Crippen molar-refractivity contribution in [2.24, 2.45) is 0 Å². The minimum atomic E-state index is -0.603. The van der Waals surface area contributed by atoms with Crippen LogP contribution in [0.15, 0.2) is 103 Å². The van der Waals surface area contributed by atoms with Gasteiger partial charge < -0.3 is 35.0 Å².